The van der Waals surface area contributed by atoms with Crippen molar-refractivity contribution in [3.8, 4) is 5.75 Å². The minimum atomic E-state index is -0.517. The molecule has 0 aliphatic heterocycles. The van der Waals surface area contributed by atoms with Crippen LogP contribution in [-0.2, 0) is 0 Å². The zero-order valence-electron chi connectivity index (χ0n) is 6.41. The van der Waals surface area contributed by atoms with Crippen molar-refractivity contribution in [2.45, 2.75) is 0 Å². The first-order valence-electron chi connectivity index (χ1n) is 3.38. The van der Waals surface area contributed by atoms with Crippen LogP contribution in [0.15, 0.2) is 25.0 Å². The molecule has 0 fully saturated rings. The third kappa shape index (κ3) is 2.45. The van der Waals surface area contributed by atoms with Gasteiger partial charge in [-0.25, -0.2) is 4.79 Å². The van der Waals surface area contributed by atoms with Crippen LogP contribution in [0, 0.1) is 0 Å². The quantitative estimate of drug-likeness (QED) is 0.650. The van der Waals surface area contributed by atoms with Crippen molar-refractivity contribution in [2.75, 3.05) is 6.54 Å². The van der Waals surface area contributed by atoms with Crippen LogP contribution >= 0.6 is 0 Å². The van der Waals surface area contributed by atoms with E-state index in [1.54, 1.807) is 6.08 Å². The molecule has 5 heteroatoms. The number of aromatic nitrogens is 2. The van der Waals surface area contributed by atoms with E-state index in [0.29, 0.717) is 12.3 Å². The van der Waals surface area contributed by atoms with E-state index in [9.17, 15) is 4.79 Å². The van der Waals surface area contributed by atoms with Gasteiger partial charge in [0, 0.05) is 6.54 Å². The summed E-state index contributed by atoms with van der Waals surface area (Å²) in [5, 5.41) is 8.57. The minimum Gasteiger partial charge on any atom is -0.407 e. The zero-order chi connectivity index (χ0) is 8.81. The molecule has 2 N–H and O–H groups in total. The molecule has 0 saturated heterocycles. The van der Waals surface area contributed by atoms with Crippen molar-refractivity contribution < 1.29 is 9.53 Å². The van der Waals surface area contributed by atoms with Gasteiger partial charge < -0.3 is 10.1 Å². The van der Waals surface area contributed by atoms with Gasteiger partial charge >= 0.3 is 6.09 Å². The van der Waals surface area contributed by atoms with Crippen molar-refractivity contribution in [3.63, 3.8) is 0 Å². The third-order valence-electron chi connectivity index (χ3n) is 1.07. The first-order chi connectivity index (χ1) is 5.83. The maximum atomic E-state index is 10.8. The van der Waals surface area contributed by atoms with Crippen molar-refractivity contribution in [3.05, 3.63) is 25.0 Å². The molecule has 1 aromatic rings. The molecule has 12 heavy (non-hydrogen) atoms. The van der Waals surface area contributed by atoms with E-state index >= 15 is 0 Å². The number of rotatable bonds is 3. The van der Waals surface area contributed by atoms with E-state index in [1.807, 2.05) is 0 Å². The number of H-pyrrole nitrogens is 1. The van der Waals surface area contributed by atoms with Crippen LogP contribution in [0.4, 0.5) is 4.79 Å². The molecule has 0 spiro atoms. The Labute approximate surface area is 69.4 Å². The van der Waals surface area contributed by atoms with Crippen molar-refractivity contribution >= 4 is 6.09 Å². The molecule has 0 aliphatic rings. The molecule has 64 valence electrons. The molecule has 0 unspecified atom stereocenters. The molecule has 0 atom stereocenters. The second kappa shape index (κ2) is 4.17. The fraction of sp³-hybridized carbons (Fsp3) is 0.143. The molecule has 1 aromatic heterocycles. The average molecular weight is 167 g/mol. The summed E-state index contributed by atoms with van der Waals surface area (Å²) < 4.78 is 4.76. The lowest BCUT2D eigenvalue weighted by molar-refractivity contribution is 0.201. The summed E-state index contributed by atoms with van der Waals surface area (Å²) in [6.07, 6.45) is 3.94. The number of nitrogens with one attached hydrogen (secondary N) is 2. The van der Waals surface area contributed by atoms with Crippen LogP contribution < -0.4 is 10.1 Å². The van der Waals surface area contributed by atoms with Gasteiger partial charge in [-0.05, 0) is 0 Å². The van der Waals surface area contributed by atoms with E-state index in [1.165, 1.54) is 12.4 Å². The number of nitrogens with zero attached hydrogens (tertiary/aromatic N) is 1. The van der Waals surface area contributed by atoms with Gasteiger partial charge in [0.1, 0.15) is 0 Å². The van der Waals surface area contributed by atoms with Crippen LogP contribution in [0.2, 0.25) is 0 Å². The number of carbonyl (C=O) groups is 1. The standard InChI is InChI=1S/C7H9N3O2/c1-2-3-8-7(11)12-6-4-9-10-5-6/h2,4-5H,1,3H2,(H,8,11)(H,9,10). The van der Waals surface area contributed by atoms with Gasteiger partial charge in [0.05, 0.1) is 12.4 Å². The van der Waals surface area contributed by atoms with Crippen LogP contribution in [0.5, 0.6) is 5.75 Å². The summed E-state index contributed by atoms with van der Waals surface area (Å²) in [4.78, 5) is 10.8. The molecular weight excluding hydrogens is 158 g/mol. The number of hydrogen-bond acceptors (Lipinski definition) is 3. The Bertz CT molecular complexity index is 256. The van der Waals surface area contributed by atoms with E-state index in [-0.39, 0.29) is 0 Å². The highest BCUT2D eigenvalue weighted by atomic mass is 16.6. The summed E-state index contributed by atoms with van der Waals surface area (Å²) in [6.45, 7) is 3.83. The number of amides is 1. The fourth-order valence-corrected chi connectivity index (χ4v) is 0.593. The summed E-state index contributed by atoms with van der Waals surface area (Å²) in [5.74, 6) is 0.386. The number of carbonyl (C=O) groups excluding carboxylic acids is 1. The highest BCUT2D eigenvalue weighted by molar-refractivity contribution is 5.70. The fourth-order valence-electron chi connectivity index (χ4n) is 0.593. The Hall–Kier alpha value is -1.78. The van der Waals surface area contributed by atoms with Crippen LogP contribution in [0.1, 0.15) is 0 Å². The second-order valence-corrected chi connectivity index (χ2v) is 1.99. The molecule has 0 radical (unpaired) electrons. The topological polar surface area (TPSA) is 67.0 Å². The Kier molecular flexibility index (Phi) is 2.89. The molecule has 0 saturated carbocycles. The van der Waals surface area contributed by atoms with Gasteiger partial charge in [-0.1, -0.05) is 6.08 Å². The minimum absolute atomic E-state index is 0.386. The summed E-state index contributed by atoms with van der Waals surface area (Å²) in [5.41, 5.74) is 0. The molecule has 1 heterocycles. The Morgan fingerprint density at radius 3 is 3.33 bits per heavy atom. The number of aromatic amines is 1. The highest BCUT2D eigenvalue weighted by Gasteiger charge is 2.01. The van der Waals surface area contributed by atoms with Gasteiger partial charge in [-0.2, -0.15) is 5.10 Å². The highest BCUT2D eigenvalue weighted by Crippen LogP contribution is 2.03. The Morgan fingerprint density at radius 2 is 2.75 bits per heavy atom. The maximum absolute atomic E-state index is 10.8. The molecular formula is C7H9N3O2. The van der Waals surface area contributed by atoms with Gasteiger partial charge in [-0.15, -0.1) is 6.58 Å². The third-order valence-corrected chi connectivity index (χ3v) is 1.07. The predicted molar refractivity (Wildman–Crippen MR) is 42.8 cm³/mol. The molecule has 0 aliphatic carbocycles. The van der Waals surface area contributed by atoms with Crippen molar-refractivity contribution in [1.82, 2.24) is 15.5 Å². The van der Waals surface area contributed by atoms with Gasteiger partial charge in [0.15, 0.2) is 5.75 Å². The van der Waals surface area contributed by atoms with Crippen LogP contribution in [0.3, 0.4) is 0 Å². The van der Waals surface area contributed by atoms with Crippen molar-refractivity contribution in [1.29, 1.82) is 0 Å². The zero-order valence-corrected chi connectivity index (χ0v) is 6.41. The maximum Gasteiger partial charge on any atom is 0.412 e. The Balaban J connectivity index is 2.32. The summed E-state index contributed by atoms with van der Waals surface area (Å²) >= 11 is 0. The normalized spacial score (nSPS) is 9.00. The monoisotopic (exact) mass is 167 g/mol. The predicted octanol–water partition coefficient (Wildman–Crippen LogP) is 0.684. The lowest BCUT2D eigenvalue weighted by Gasteiger charge is -2.00. The van der Waals surface area contributed by atoms with Gasteiger partial charge in [-0.3, -0.25) is 5.10 Å². The smallest absolute Gasteiger partial charge is 0.407 e. The van der Waals surface area contributed by atoms with E-state index in [2.05, 4.69) is 22.1 Å². The average Bonchev–Trinajstić information content (AvgIpc) is 2.53. The number of hydrogen-bond donors (Lipinski definition) is 2. The lowest BCUT2D eigenvalue weighted by atomic mass is 10.6. The largest absolute Gasteiger partial charge is 0.412 e. The summed E-state index contributed by atoms with van der Waals surface area (Å²) in [6, 6.07) is 0. The second-order valence-electron chi connectivity index (χ2n) is 1.99. The number of ether oxygens (including phenoxy) is 1. The SMILES string of the molecule is C=CCNC(=O)Oc1cn[nH]c1. The first kappa shape index (κ1) is 8.32. The van der Waals surface area contributed by atoms with Crippen LogP contribution in [-0.4, -0.2) is 22.8 Å². The molecule has 1 amide bonds. The van der Waals surface area contributed by atoms with Gasteiger partial charge in [0.2, 0.25) is 0 Å². The molecule has 1 rings (SSSR count). The first-order valence-corrected chi connectivity index (χ1v) is 3.38. The van der Waals surface area contributed by atoms with Crippen molar-refractivity contribution in [2.24, 2.45) is 0 Å². The summed E-state index contributed by atoms with van der Waals surface area (Å²) in [7, 11) is 0. The van der Waals surface area contributed by atoms with Crippen LogP contribution in [0.25, 0.3) is 0 Å². The molecule has 0 aromatic carbocycles. The lowest BCUT2D eigenvalue weighted by Crippen LogP contribution is -2.26. The molecule has 5 nitrogen and oxygen atoms in total. The molecule has 0 bridgehead atoms. The van der Waals surface area contributed by atoms with E-state index < -0.39 is 6.09 Å². The van der Waals surface area contributed by atoms with Gasteiger partial charge in [0.25, 0.3) is 0 Å². The Morgan fingerprint density at radius 1 is 1.92 bits per heavy atom. The van der Waals surface area contributed by atoms with E-state index in [0.717, 1.165) is 0 Å². The van der Waals surface area contributed by atoms with E-state index in [4.69, 9.17) is 4.74 Å².